The van der Waals surface area contributed by atoms with Crippen LogP contribution in [0.3, 0.4) is 0 Å². The first-order valence-electron chi connectivity index (χ1n) is 9.79. The highest BCUT2D eigenvalue weighted by atomic mass is 16.5. The third kappa shape index (κ3) is 4.70. The third-order valence-electron chi connectivity index (χ3n) is 5.79. The molecule has 1 amide bonds. The second kappa shape index (κ2) is 9.19. The van der Waals surface area contributed by atoms with Gasteiger partial charge in [-0.25, -0.2) is 0 Å². The Balaban J connectivity index is 1.44. The number of hydrogen-bond acceptors (Lipinski definition) is 5. The van der Waals surface area contributed by atoms with Crippen LogP contribution in [0.5, 0.6) is 5.75 Å². The maximum atomic E-state index is 12.5. The van der Waals surface area contributed by atoms with E-state index in [0.717, 1.165) is 12.8 Å². The summed E-state index contributed by atoms with van der Waals surface area (Å²) in [5.74, 6) is -0.454. The standard InChI is InChI=1S/C21H27NO6/c1-27-16-4-2-14(3-5-16)18(23)6-7-19(24)22-11-8-15(9-12-22)20-17(21(25)26)10-13-28-20/h2-5,15,17,20H,6-13H2,1H3,(H,25,26)/t17?,20-/m0/s1. The number of carboxylic acid groups (broad SMARTS) is 1. The molecule has 0 saturated carbocycles. The molecule has 1 aromatic rings. The number of aliphatic carboxylic acids is 1. The van der Waals surface area contributed by atoms with Crippen LogP contribution in [0.15, 0.2) is 24.3 Å². The molecule has 2 atom stereocenters. The lowest BCUT2D eigenvalue weighted by Crippen LogP contribution is -2.43. The molecule has 2 aliphatic rings. The number of methoxy groups -OCH3 is 1. The van der Waals surface area contributed by atoms with Gasteiger partial charge in [0.2, 0.25) is 5.91 Å². The zero-order valence-electron chi connectivity index (χ0n) is 16.1. The largest absolute Gasteiger partial charge is 0.497 e. The number of ketones is 1. The van der Waals surface area contributed by atoms with E-state index in [0.29, 0.717) is 37.4 Å². The van der Waals surface area contributed by atoms with Crippen molar-refractivity contribution in [3.63, 3.8) is 0 Å². The molecule has 0 aliphatic carbocycles. The van der Waals surface area contributed by atoms with Crippen LogP contribution in [-0.4, -0.2) is 60.6 Å². The number of amides is 1. The maximum absolute atomic E-state index is 12.5. The molecule has 0 radical (unpaired) electrons. The van der Waals surface area contributed by atoms with Gasteiger partial charge in [0.25, 0.3) is 0 Å². The van der Waals surface area contributed by atoms with E-state index in [1.165, 1.54) is 0 Å². The lowest BCUT2D eigenvalue weighted by molar-refractivity contribution is -0.146. The molecule has 0 spiro atoms. The molecular weight excluding hydrogens is 362 g/mol. The van der Waals surface area contributed by atoms with E-state index in [4.69, 9.17) is 9.47 Å². The van der Waals surface area contributed by atoms with Crippen molar-refractivity contribution < 1.29 is 29.0 Å². The zero-order valence-corrected chi connectivity index (χ0v) is 16.1. The van der Waals surface area contributed by atoms with Gasteiger partial charge >= 0.3 is 5.97 Å². The summed E-state index contributed by atoms with van der Waals surface area (Å²) < 4.78 is 10.7. The fourth-order valence-corrected chi connectivity index (χ4v) is 4.12. The monoisotopic (exact) mass is 389 g/mol. The van der Waals surface area contributed by atoms with E-state index in [1.54, 1.807) is 36.3 Å². The lowest BCUT2D eigenvalue weighted by atomic mass is 9.84. The average molecular weight is 389 g/mol. The van der Waals surface area contributed by atoms with Crippen LogP contribution in [-0.2, 0) is 14.3 Å². The molecule has 0 bridgehead atoms. The predicted molar refractivity (Wildman–Crippen MR) is 101 cm³/mol. The van der Waals surface area contributed by atoms with Crippen LogP contribution < -0.4 is 4.74 Å². The highest BCUT2D eigenvalue weighted by Crippen LogP contribution is 2.33. The maximum Gasteiger partial charge on any atom is 0.309 e. The minimum absolute atomic E-state index is 0.0255. The Morgan fingerprint density at radius 1 is 1.11 bits per heavy atom. The number of hydrogen-bond donors (Lipinski definition) is 1. The van der Waals surface area contributed by atoms with Crippen molar-refractivity contribution in [2.45, 2.75) is 38.2 Å². The Labute approximate surface area is 164 Å². The topological polar surface area (TPSA) is 93.1 Å². The Morgan fingerprint density at radius 3 is 2.39 bits per heavy atom. The van der Waals surface area contributed by atoms with Crippen LogP contribution in [0, 0.1) is 11.8 Å². The van der Waals surface area contributed by atoms with E-state index in [2.05, 4.69) is 0 Å². The summed E-state index contributed by atoms with van der Waals surface area (Å²) in [6.45, 7) is 1.67. The first-order valence-corrected chi connectivity index (χ1v) is 9.79. The van der Waals surface area contributed by atoms with Crippen molar-refractivity contribution in [3.8, 4) is 5.75 Å². The van der Waals surface area contributed by atoms with Gasteiger partial charge in [-0.15, -0.1) is 0 Å². The van der Waals surface area contributed by atoms with Gasteiger partial charge < -0.3 is 19.5 Å². The second-order valence-corrected chi connectivity index (χ2v) is 7.44. The number of nitrogens with zero attached hydrogens (tertiary/aromatic N) is 1. The van der Waals surface area contributed by atoms with Crippen molar-refractivity contribution in [2.75, 3.05) is 26.8 Å². The fourth-order valence-electron chi connectivity index (χ4n) is 4.12. The van der Waals surface area contributed by atoms with Gasteiger partial charge in [0.15, 0.2) is 5.78 Å². The van der Waals surface area contributed by atoms with Crippen LogP contribution in [0.4, 0.5) is 0 Å². The van der Waals surface area contributed by atoms with Gasteiger partial charge in [0.1, 0.15) is 5.75 Å². The lowest BCUT2D eigenvalue weighted by Gasteiger charge is -2.35. The number of carboxylic acids is 1. The molecule has 7 nitrogen and oxygen atoms in total. The van der Waals surface area contributed by atoms with Gasteiger partial charge in [-0.2, -0.15) is 0 Å². The Hall–Kier alpha value is -2.41. The summed E-state index contributed by atoms with van der Waals surface area (Å²) in [4.78, 5) is 37.9. The smallest absolute Gasteiger partial charge is 0.309 e. The number of likely N-dealkylation sites (tertiary alicyclic amines) is 1. The summed E-state index contributed by atoms with van der Waals surface area (Å²) in [6, 6.07) is 6.87. The van der Waals surface area contributed by atoms with Crippen molar-refractivity contribution in [2.24, 2.45) is 11.8 Å². The first kappa shape index (κ1) is 20.3. The van der Waals surface area contributed by atoms with Gasteiger partial charge in [-0.1, -0.05) is 0 Å². The van der Waals surface area contributed by atoms with Gasteiger partial charge in [0, 0.05) is 38.1 Å². The minimum Gasteiger partial charge on any atom is -0.497 e. The molecular formula is C21H27NO6. The number of ether oxygens (including phenoxy) is 2. The Morgan fingerprint density at radius 2 is 1.79 bits per heavy atom. The second-order valence-electron chi connectivity index (χ2n) is 7.44. The highest BCUT2D eigenvalue weighted by Gasteiger charge is 2.40. The molecule has 0 aromatic heterocycles. The molecule has 1 aromatic carbocycles. The summed E-state index contributed by atoms with van der Waals surface area (Å²) in [5.41, 5.74) is 0.574. The van der Waals surface area contributed by atoms with Crippen molar-refractivity contribution in [3.05, 3.63) is 29.8 Å². The fraction of sp³-hybridized carbons (Fsp3) is 0.571. The van der Waals surface area contributed by atoms with Crippen LogP contribution >= 0.6 is 0 Å². The molecule has 28 heavy (non-hydrogen) atoms. The number of Topliss-reactive ketones (excluding diaryl/α,β-unsaturated/α-hetero) is 1. The number of piperidine rings is 1. The number of rotatable bonds is 7. The van der Waals surface area contributed by atoms with Crippen LogP contribution in [0.1, 0.15) is 42.5 Å². The molecule has 2 aliphatic heterocycles. The predicted octanol–water partition coefficient (Wildman–Crippen LogP) is 2.39. The van der Waals surface area contributed by atoms with Crippen LogP contribution in [0.2, 0.25) is 0 Å². The summed E-state index contributed by atoms with van der Waals surface area (Å²) >= 11 is 0. The zero-order chi connectivity index (χ0) is 20.1. The Kier molecular flexibility index (Phi) is 6.67. The molecule has 2 fully saturated rings. The van der Waals surface area contributed by atoms with E-state index >= 15 is 0 Å². The number of carbonyl (C=O) groups is 3. The summed E-state index contributed by atoms with van der Waals surface area (Å²) in [6.07, 6.45) is 2.17. The van der Waals surface area contributed by atoms with Gasteiger partial charge in [-0.3, -0.25) is 14.4 Å². The molecule has 1 N–H and O–H groups in total. The molecule has 7 heteroatoms. The average Bonchev–Trinajstić information content (AvgIpc) is 3.22. The van der Waals surface area contributed by atoms with Crippen molar-refractivity contribution in [1.82, 2.24) is 4.90 Å². The van der Waals surface area contributed by atoms with E-state index in [-0.39, 0.29) is 36.6 Å². The van der Waals surface area contributed by atoms with E-state index < -0.39 is 11.9 Å². The number of carbonyl (C=O) groups excluding carboxylic acids is 2. The van der Waals surface area contributed by atoms with Crippen molar-refractivity contribution >= 4 is 17.7 Å². The molecule has 152 valence electrons. The molecule has 2 heterocycles. The van der Waals surface area contributed by atoms with E-state index in [9.17, 15) is 19.5 Å². The van der Waals surface area contributed by atoms with Gasteiger partial charge in [0.05, 0.1) is 19.1 Å². The normalized spacial score (nSPS) is 22.8. The minimum atomic E-state index is -0.793. The summed E-state index contributed by atoms with van der Waals surface area (Å²) in [7, 11) is 1.57. The van der Waals surface area contributed by atoms with E-state index in [1.807, 2.05) is 0 Å². The molecule has 3 rings (SSSR count). The summed E-state index contributed by atoms with van der Waals surface area (Å²) in [5, 5.41) is 9.32. The SMILES string of the molecule is COc1ccc(C(=O)CCC(=O)N2CCC([C@@H]3OCCC3C(=O)O)CC2)cc1. The molecule has 2 saturated heterocycles. The number of benzene rings is 1. The highest BCUT2D eigenvalue weighted by molar-refractivity contribution is 5.98. The van der Waals surface area contributed by atoms with Crippen LogP contribution in [0.25, 0.3) is 0 Å². The Bertz CT molecular complexity index is 708. The van der Waals surface area contributed by atoms with Gasteiger partial charge in [-0.05, 0) is 49.4 Å². The molecule has 1 unspecified atom stereocenters. The quantitative estimate of drug-likeness (QED) is 0.720. The first-order chi connectivity index (χ1) is 13.5. The van der Waals surface area contributed by atoms with Crippen molar-refractivity contribution in [1.29, 1.82) is 0 Å². The third-order valence-corrected chi connectivity index (χ3v) is 5.79.